The van der Waals surface area contributed by atoms with E-state index in [1.165, 1.54) is 29.3 Å². The van der Waals surface area contributed by atoms with Crippen LogP contribution in [0.4, 0.5) is 5.69 Å². The molecule has 0 bridgehead atoms. The topological polar surface area (TPSA) is 84.5 Å². The number of hydrogen-bond donors (Lipinski definition) is 2. The van der Waals surface area contributed by atoms with Crippen LogP contribution in [0.2, 0.25) is 0 Å². The molecule has 0 spiro atoms. The minimum atomic E-state index is -0.435. The number of benzene rings is 2. The van der Waals surface area contributed by atoms with Crippen LogP contribution in [0.15, 0.2) is 47.4 Å². The summed E-state index contributed by atoms with van der Waals surface area (Å²) in [7, 11) is 1.55. The molecule has 6 nitrogen and oxygen atoms in total. The molecule has 0 heterocycles. The number of ether oxygens (including phenoxy) is 1. The minimum absolute atomic E-state index is 0.160. The van der Waals surface area contributed by atoms with Crippen molar-refractivity contribution < 1.29 is 19.1 Å². The molecule has 0 aliphatic heterocycles. The van der Waals surface area contributed by atoms with Gasteiger partial charge in [0.15, 0.2) is 6.61 Å². The summed E-state index contributed by atoms with van der Waals surface area (Å²) in [6, 6.07) is 12.7. The second-order valence-electron chi connectivity index (χ2n) is 6.44. The molecule has 3 rings (SSSR count). The predicted molar refractivity (Wildman–Crippen MR) is 109 cm³/mol. The fourth-order valence-corrected chi connectivity index (χ4v) is 3.77. The number of hydrogen-bond acceptors (Lipinski definition) is 5. The first-order valence-corrected chi connectivity index (χ1v) is 10.1. The third-order valence-electron chi connectivity index (χ3n) is 4.45. The zero-order valence-electron chi connectivity index (χ0n) is 15.6. The predicted octanol–water partition coefficient (Wildman–Crippen LogP) is 2.81. The van der Waals surface area contributed by atoms with Crippen molar-refractivity contribution in [3.8, 4) is 0 Å². The average Bonchev–Trinajstić information content (AvgIpc) is 3.18. The molecule has 7 heteroatoms. The summed E-state index contributed by atoms with van der Waals surface area (Å²) >= 11 is 1.41. The molecule has 1 aliphatic carbocycles. The van der Waals surface area contributed by atoms with Crippen molar-refractivity contribution in [1.29, 1.82) is 0 Å². The summed E-state index contributed by atoms with van der Waals surface area (Å²) in [6.07, 6.45) is 3.42. The Bertz CT molecular complexity index is 880. The van der Waals surface area contributed by atoms with Crippen LogP contribution in [-0.4, -0.2) is 37.2 Å². The molecular weight excluding hydrogens is 376 g/mol. The van der Waals surface area contributed by atoms with Gasteiger partial charge in [0.2, 0.25) is 0 Å². The van der Waals surface area contributed by atoms with Gasteiger partial charge in [-0.1, -0.05) is 6.07 Å². The third kappa shape index (κ3) is 5.36. The van der Waals surface area contributed by atoms with Crippen molar-refractivity contribution in [2.24, 2.45) is 0 Å². The van der Waals surface area contributed by atoms with Crippen LogP contribution in [0.1, 0.15) is 27.9 Å². The first-order chi connectivity index (χ1) is 13.5. The summed E-state index contributed by atoms with van der Waals surface area (Å²) in [5, 5.41) is 5.15. The van der Waals surface area contributed by atoms with Gasteiger partial charge in [0.25, 0.3) is 11.8 Å². The van der Waals surface area contributed by atoms with E-state index in [0.29, 0.717) is 11.3 Å². The standard InChI is InChI=1S/C21H22N2O4S/c1-22-21(26)15-5-8-17(9-6-15)23-19(24)12-27-20(25)13-28-18-10-7-14-3-2-4-16(14)11-18/h5-11H,2-4,12-13H2,1H3,(H,22,26)(H,23,24). The van der Waals surface area contributed by atoms with Gasteiger partial charge in [0, 0.05) is 23.2 Å². The lowest BCUT2D eigenvalue weighted by Gasteiger charge is -2.08. The first kappa shape index (κ1) is 19.9. The molecule has 0 radical (unpaired) electrons. The second kappa shape index (κ2) is 9.41. The lowest BCUT2D eigenvalue weighted by molar-refractivity contribution is -0.144. The number of aryl methyl sites for hydroxylation is 2. The van der Waals surface area contributed by atoms with Gasteiger partial charge in [-0.2, -0.15) is 0 Å². The summed E-state index contributed by atoms with van der Waals surface area (Å²) in [5.74, 6) is -0.903. The van der Waals surface area contributed by atoms with Crippen LogP contribution < -0.4 is 10.6 Å². The van der Waals surface area contributed by atoms with Gasteiger partial charge in [-0.25, -0.2) is 0 Å². The highest BCUT2D eigenvalue weighted by Crippen LogP contribution is 2.27. The van der Waals surface area contributed by atoms with Crippen LogP contribution in [-0.2, 0) is 27.2 Å². The molecule has 0 aromatic heterocycles. The number of nitrogens with one attached hydrogen (secondary N) is 2. The van der Waals surface area contributed by atoms with Crippen LogP contribution in [0.25, 0.3) is 0 Å². The fourth-order valence-electron chi connectivity index (χ4n) is 3.01. The number of rotatable bonds is 7. The lowest BCUT2D eigenvalue weighted by atomic mass is 10.1. The van der Waals surface area contributed by atoms with Crippen molar-refractivity contribution in [3.63, 3.8) is 0 Å². The van der Waals surface area contributed by atoms with E-state index in [2.05, 4.69) is 22.8 Å². The van der Waals surface area contributed by atoms with Gasteiger partial charge < -0.3 is 15.4 Å². The Balaban J connectivity index is 1.40. The largest absolute Gasteiger partial charge is 0.455 e. The molecule has 2 amide bonds. The van der Waals surface area contributed by atoms with Crippen LogP contribution in [0.3, 0.4) is 0 Å². The molecule has 0 unspecified atom stereocenters. The summed E-state index contributed by atoms with van der Waals surface area (Å²) in [4.78, 5) is 36.3. The molecule has 2 aromatic rings. The highest BCUT2D eigenvalue weighted by molar-refractivity contribution is 8.00. The highest BCUT2D eigenvalue weighted by atomic mass is 32.2. The number of carbonyl (C=O) groups excluding carboxylic acids is 3. The van der Waals surface area contributed by atoms with Gasteiger partial charge in [-0.15, -0.1) is 11.8 Å². The number of fused-ring (bicyclic) bond motifs is 1. The quantitative estimate of drug-likeness (QED) is 0.553. The SMILES string of the molecule is CNC(=O)c1ccc(NC(=O)COC(=O)CSc2ccc3c(c2)CCC3)cc1. The average molecular weight is 398 g/mol. The van der Waals surface area contributed by atoms with Crippen molar-refractivity contribution in [1.82, 2.24) is 5.32 Å². The Kier molecular flexibility index (Phi) is 6.71. The minimum Gasteiger partial charge on any atom is -0.455 e. The first-order valence-electron chi connectivity index (χ1n) is 9.07. The van der Waals surface area contributed by atoms with Gasteiger partial charge in [-0.3, -0.25) is 14.4 Å². The molecular formula is C21H22N2O4S. The Morgan fingerprint density at radius 1 is 1.04 bits per heavy atom. The smallest absolute Gasteiger partial charge is 0.316 e. The normalized spacial score (nSPS) is 12.2. The maximum atomic E-state index is 11.9. The maximum absolute atomic E-state index is 11.9. The van der Waals surface area contributed by atoms with Gasteiger partial charge >= 0.3 is 5.97 Å². The van der Waals surface area contributed by atoms with E-state index in [0.717, 1.165) is 17.7 Å². The van der Waals surface area contributed by atoms with Crippen LogP contribution >= 0.6 is 11.8 Å². The fraction of sp³-hybridized carbons (Fsp3) is 0.286. The van der Waals surface area contributed by atoms with E-state index < -0.39 is 11.9 Å². The van der Waals surface area contributed by atoms with Crippen molar-refractivity contribution >= 4 is 35.2 Å². The molecule has 0 saturated heterocycles. The molecule has 2 N–H and O–H groups in total. The maximum Gasteiger partial charge on any atom is 0.316 e. The van der Waals surface area contributed by atoms with E-state index in [-0.39, 0.29) is 18.3 Å². The summed E-state index contributed by atoms with van der Waals surface area (Å²) < 4.78 is 5.03. The number of carbonyl (C=O) groups is 3. The highest BCUT2D eigenvalue weighted by Gasteiger charge is 2.13. The number of anilines is 1. The lowest BCUT2D eigenvalue weighted by Crippen LogP contribution is -2.22. The summed E-state index contributed by atoms with van der Waals surface area (Å²) in [5.41, 5.74) is 3.78. The van der Waals surface area contributed by atoms with E-state index >= 15 is 0 Å². The van der Waals surface area contributed by atoms with E-state index in [1.54, 1.807) is 31.3 Å². The van der Waals surface area contributed by atoms with Gasteiger partial charge in [0.05, 0.1) is 5.75 Å². The number of amides is 2. The number of thioether (sulfide) groups is 1. The van der Waals surface area contributed by atoms with Crippen molar-refractivity contribution in [2.45, 2.75) is 24.2 Å². The zero-order chi connectivity index (χ0) is 19.9. The van der Waals surface area contributed by atoms with E-state index in [4.69, 9.17) is 4.74 Å². The van der Waals surface area contributed by atoms with Gasteiger partial charge in [0.1, 0.15) is 0 Å². The molecule has 0 saturated carbocycles. The molecule has 2 aromatic carbocycles. The third-order valence-corrected chi connectivity index (χ3v) is 5.42. The van der Waals surface area contributed by atoms with E-state index in [1.807, 2.05) is 6.07 Å². The molecule has 0 atom stereocenters. The second-order valence-corrected chi connectivity index (χ2v) is 7.49. The van der Waals surface area contributed by atoms with Crippen molar-refractivity contribution in [3.05, 3.63) is 59.2 Å². The summed E-state index contributed by atoms with van der Waals surface area (Å²) in [6.45, 7) is -0.346. The van der Waals surface area contributed by atoms with Gasteiger partial charge in [-0.05, 0) is 66.8 Å². The Hall–Kier alpha value is -2.80. The van der Waals surface area contributed by atoms with E-state index in [9.17, 15) is 14.4 Å². The number of esters is 1. The Morgan fingerprint density at radius 3 is 2.54 bits per heavy atom. The monoisotopic (exact) mass is 398 g/mol. The van der Waals surface area contributed by atoms with Crippen LogP contribution in [0.5, 0.6) is 0 Å². The molecule has 0 fully saturated rings. The van der Waals surface area contributed by atoms with Crippen molar-refractivity contribution in [2.75, 3.05) is 24.7 Å². The van der Waals surface area contributed by atoms with Crippen LogP contribution in [0, 0.1) is 0 Å². The molecule has 146 valence electrons. The Labute approximate surface area is 168 Å². The molecule has 28 heavy (non-hydrogen) atoms. The Morgan fingerprint density at radius 2 is 1.79 bits per heavy atom. The zero-order valence-corrected chi connectivity index (χ0v) is 16.4. The molecule has 1 aliphatic rings.